The van der Waals surface area contributed by atoms with Crippen LogP contribution in [-0.4, -0.2) is 34.2 Å². The van der Waals surface area contributed by atoms with E-state index in [1.165, 1.54) is 28.6 Å². The van der Waals surface area contributed by atoms with Crippen LogP contribution in [0.2, 0.25) is 0 Å². The van der Waals surface area contributed by atoms with E-state index in [1.807, 2.05) is 0 Å². The Balaban J connectivity index is 1.38. The zero-order valence-electron chi connectivity index (χ0n) is 14.7. The lowest BCUT2D eigenvalue weighted by Gasteiger charge is -2.15. The fourth-order valence-electron chi connectivity index (χ4n) is 3.63. The molecule has 0 aromatic carbocycles. The Hall–Kier alpha value is -1.38. The van der Waals surface area contributed by atoms with Crippen molar-refractivity contribution in [2.45, 2.75) is 50.3 Å². The SMILES string of the molecule is NCC(NC(=O)CSCc1nc2sc3c(c2c(=O)[nH]1)CCCC3)C1CC1. The summed E-state index contributed by atoms with van der Waals surface area (Å²) in [4.78, 5) is 34.3. The largest absolute Gasteiger partial charge is 0.351 e. The number of amides is 1. The van der Waals surface area contributed by atoms with Crippen LogP contribution in [0.25, 0.3) is 10.2 Å². The van der Waals surface area contributed by atoms with Crippen LogP contribution in [0.5, 0.6) is 0 Å². The topological polar surface area (TPSA) is 101 Å². The summed E-state index contributed by atoms with van der Waals surface area (Å²) in [5.74, 6) is 2.09. The van der Waals surface area contributed by atoms with Crippen LogP contribution in [-0.2, 0) is 23.4 Å². The molecule has 0 bridgehead atoms. The molecule has 8 heteroatoms. The van der Waals surface area contributed by atoms with Crippen LogP contribution in [0.3, 0.4) is 0 Å². The van der Waals surface area contributed by atoms with Crippen molar-refractivity contribution < 1.29 is 4.79 Å². The Bertz CT molecular complexity index is 872. The minimum Gasteiger partial charge on any atom is -0.351 e. The Labute approximate surface area is 160 Å². The van der Waals surface area contributed by atoms with E-state index in [2.05, 4.69) is 15.3 Å². The van der Waals surface area contributed by atoms with Gasteiger partial charge in [-0.1, -0.05) is 0 Å². The van der Waals surface area contributed by atoms with Crippen molar-refractivity contribution in [3.05, 3.63) is 26.6 Å². The van der Waals surface area contributed by atoms with Gasteiger partial charge in [0.1, 0.15) is 10.7 Å². The molecule has 4 rings (SSSR count). The number of rotatable bonds is 7. The van der Waals surface area contributed by atoms with E-state index in [1.54, 1.807) is 11.3 Å². The number of carbonyl (C=O) groups is 1. The molecule has 1 atom stereocenters. The standard InChI is InChI=1S/C18H24N4O2S2/c19-7-12(10-5-6-10)20-15(23)9-25-8-14-21-17(24)16-11-3-1-2-4-13(11)26-18(16)22-14/h10,12H,1-9,19H2,(H,20,23)(H,21,22,24). The second kappa shape index (κ2) is 7.70. The van der Waals surface area contributed by atoms with Crippen molar-refractivity contribution >= 4 is 39.2 Å². The van der Waals surface area contributed by atoms with Gasteiger partial charge in [-0.2, -0.15) is 0 Å². The van der Waals surface area contributed by atoms with E-state index in [0.29, 0.717) is 29.8 Å². The third-order valence-corrected chi connectivity index (χ3v) is 7.27. The van der Waals surface area contributed by atoms with Gasteiger partial charge < -0.3 is 16.0 Å². The number of aromatic amines is 1. The molecular weight excluding hydrogens is 368 g/mol. The van der Waals surface area contributed by atoms with E-state index in [0.717, 1.165) is 42.3 Å². The van der Waals surface area contributed by atoms with Crippen molar-refractivity contribution in [2.24, 2.45) is 11.7 Å². The van der Waals surface area contributed by atoms with E-state index in [-0.39, 0.29) is 17.5 Å². The van der Waals surface area contributed by atoms with Crippen molar-refractivity contribution in [3.8, 4) is 0 Å². The van der Waals surface area contributed by atoms with Gasteiger partial charge in [-0.15, -0.1) is 23.1 Å². The van der Waals surface area contributed by atoms with Gasteiger partial charge in [0.2, 0.25) is 5.91 Å². The third-order valence-electron chi connectivity index (χ3n) is 5.14. The number of hydrogen-bond acceptors (Lipinski definition) is 6. The number of nitrogens with two attached hydrogens (primary N) is 1. The van der Waals surface area contributed by atoms with Gasteiger partial charge in [-0.05, 0) is 50.0 Å². The Kier molecular flexibility index (Phi) is 5.33. The molecule has 6 nitrogen and oxygen atoms in total. The van der Waals surface area contributed by atoms with E-state index in [4.69, 9.17) is 5.73 Å². The van der Waals surface area contributed by atoms with Crippen LogP contribution in [0.1, 0.15) is 41.9 Å². The van der Waals surface area contributed by atoms with Gasteiger partial charge in [0.05, 0.1) is 16.9 Å². The molecule has 1 amide bonds. The van der Waals surface area contributed by atoms with Gasteiger partial charge in [-0.3, -0.25) is 9.59 Å². The number of nitrogens with one attached hydrogen (secondary N) is 2. The first-order chi connectivity index (χ1) is 12.7. The Morgan fingerprint density at radius 3 is 2.96 bits per heavy atom. The molecule has 2 aliphatic rings. The number of hydrogen-bond donors (Lipinski definition) is 3. The van der Waals surface area contributed by atoms with Gasteiger partial charge in [0.15, 0.2) is 0 Å². The predicted octanol–water partition coefficient (Wildman–Crippen LogP) is 1.95. The van der Waals surface area contributed by atoms with Crippen molar-refractivity contribution in [1.82, 2.24) is 15.3 Å². The molecule has 2 aromatic rings. The normalized spacial score (nSPS) is 17.9. The summed E-state index contributed by atoms with van der Waals surface area (Å²) in [5.41, 5.74) is 6.89. The molecule has 140 valence electrons. The molecule has 26 heavy (non-hydrogen) atoms. The highest BCUT2D eigenvalue weighted by Crippen LogP contribution is 2.34. The molecule has 0 radical (unpaired) electrons. The van der Waals surface area contributed by atoms with Crippen LogP contribution < -0.4 is 16.6 Å². The molecule has 2 aromatic heterocycles. The Morgan fingerprint density at radius 2 is 2.19 bits per heavy atom. The summed E-state index contributed by atoms with van der Waals surface area (Å²) in [7, 11) is 0. The maximum absolute atomic E-state index is 12.5. The minimum absolute atomic E-state index is 0.00682. The number of aromatic nitrogens is 2. The van der Waals surface area contributed by atoms with Gasteiger partial charge >= 0.3 is 0 Å². The number of fused-ring (bicyclic) bond motifs is 3. The number of nitrogens with zero attached hydrogens (tertiary/aromatic N) is 1. The zero-order valence-corrected chi connectivity index (χ0v) is 16.3. The van der Waals surface area contributed by atoms with Crippen LogP contribution >= 0.6 is 23.1 Å². The lowest BCUT2D eigenvalue weighted by atomic mass is 9.97. The number of carbonyl (C=O) groups excluding carboxylic acids is 1. The molecule has 0 aliphatic heterocycles. The van der Waals surface area contributed by atoms with Crippen molar-refractivity contribution in [1.29, 1.82) is 0 Å². The fourth-order valence-corrected chi connectivity index (χ4v) is 5.62. The average molecular weight is 393 g/mol. The van der Waals surface area contributed by atoms with Gasteiger partial charge in [-0.25, -0.2) is 4.98 Å². The predicted molar refractivity (Wildman–Crippen MR) is 107 cm³/mol. The van der Waals surface area contributed by atoms with Gasteiger partial charge in [0.25, 0.3) is 5.56 Å². The minimum atomic E-state index is -0.0358. The lowest BCUT2D eigenvalue weighted by molar-refractivity contribution is -0.119. The number of aryl methyl sites for hydroxylation is 2. The van der Waals surface area contributed by atoms with Gasteiger partial charge in [0, 0.05) is 17.5 Å². The maximum Gasteiger partial charge on any atom is 0.259 e. The summed E-state index contributed by atoms with van der Waals surface area (Å²) >= 11 is 3.13. The van der Waals surface area contributed by atoms with Crippen LogP contribution in [0.4, 0.5) is 0 Å². The van der Waals surface area contributed by atoms with E-state index in [9.17, 15) is 9.59 Å². The molecule has 1 fully saturated rings. The highest BCUT2D eigenvalue weighted by Gasteiger charge is 2.31. The molecule has 2 heterocycles. The Morgan fingerprint density at radius 1 is 1.38 bits per heavy atom. The summed E-state index contributed by atoms with van der Waals surface area (Å²) in [6.07, 6.45) is 6.70. The van der Waals surface area contributed by atoms with Crippen molar-refractivity contribution in [2.75, 3.05) is 12.3 Å². The molecule has 4 N–H and O–H groups in total. The highest BCUT2D eigenvalue weighted by molar-refractivity contribution is 7.99. The summed E-state index contributed by atoms with van der Waals surface area (Å²) in [5, 5.41) is 3.80. The number of thiophene rings is 1. The number of thioether (sulfide) groups is 1. The lowest BCUT2D eigenvalue weighted by Crippen LogP contribution is -2.42. The summed E-state index contributed by atoms with van der Waals surface area (Å²) < 4.78 is 0. The quantitative estimate of drug-likeness (QED) is 0.669. The maximum atomic E-state index is 12.5. The van der Waals surface area contributed by atoms with E-state index < -0.39 is 0 Å². The summed E-state index contributed by atoms with van der Waals surface area (Å²) in [6, 6.07) is 0.106. The fraction of sp³-hybridized carbons (Fsp3) is 0.611. The second-order valence-corrected chi connectivity index (χ2v) is 9.21. The first-order valence-corrected chi connectivity index (χ1v) is 11.2. The molecule has 0 spiro atoms. The zero-order chi connectivity index (χ0) is 18.1. The molecule has 0 saturated heterocycles. The monoisotopic (exact) mass is 392 g/mol. The van der Waals surface area contributed by atoms with Crippen LogP contribution in [0, 0.1) is 5.92 Å². The molecule has 2 aliphatic carbocycles. The smallest absolute Gasteiger partial charge is 0.259 e. The second-order valence-electron chi connectivity index (χ2n) is 7.14. The van der Waals surface area contributed by atoms with Crippen LogP contribution in [0.15, 0.2) is 4.79 Å². The molecule has 1 saturated carbocycles. The van der Waals surface area contributed by atoms with Crippen molar-refractivity contribution in [3.63, 3.8) is 0 Å². The highest BCUT2D eigenvalue weighted by atomic mass is 32.2. The third kappa shape index (κ3) is 3.82. The average Bonchev–Trinajstić information content (AvgIpc) is 3.39. The van der Waals surface area contributed by atoms with E-state index >= 15 is 0 Å². The molecular formula is C18H24N4O2S2. The first-order valence-electron chi connectivity index (χ1n) is 9.26. The number of H-pyrrole nitrogens is 1. The first kappa shape index (κ1) is 18.0. The summed E-state index contributed by atoms with van der Waals surface area (Å²) in [6.45, 7) is 0.496. The molecule has 1 unspecified atom stereocenters.